The monoisotopic (exact) mass is 467 g/mol. The van der Waals surface area contributed by atoms with Gasteiger partial charge in [-0.2, -0.15) is 0 Å². The zero-order valence-corrected chi connectivity index (χ0v) is 18.6. The summed E-state index contributed by atoms with van der Waals surface area (Å²) < 4.78 is 40.2. The maximum absolute atomic E-state index is 14.7. The Morgan fingerprint density at radius 1 is 0.970 bits per heavy atom. The minimum atomic E-state index is -0.767. The van der Waals surface area contributed by atoms with Crippen molar-refractivity contribution in [2.24, 2.45) is 0 Å². The first kappa shape index (κ1) is 22.5. The number of aromatic nitrogens is 3. The number of ether oxygens (including phenoxy) is 2. The maximum atomic E-state index is 14.7. The summed E-state index contributed by atoms with van der Waals surface area (Å²) in [4.78, 5) is 12.9. The minimum absolute atomic E-state index is 0.00156. The molecular weight excluding hydrogens is 448 g/mol. The third-order valence-electron chi connectivity index (χ3n) is 4.86. The van der Waals surface area contributed by atoms with Crippen LogP contribution in [0.4, 0.5) is 8.78 Å². The van der Waals surface area contributed by atoms with Crippen molar-refractivity contribution in [2.75, 3.05) is 20.0 Å². The highest BCUT2D eigenvalue weighted by atomic mass is 32.2. The van der Waals surface area contributed by atoms with Gasteiger partial charge in [0.15, 0.2) is 16.8 Å². The molecule has 1 heterocycles. The molecule has 0 saturated heterocycles. The van der Waals surface area contributed by atoms with Gasteiger partial charge < -0.3 is 9.47 Å². The lowest BCUT2D eigenvalue weighted by atomic mass is 10.1. The number of hydrogen-bond donors (Lipinski definition) is 0. The molecule has 0 bridgehead atoms. The molecule has 168 valence electrons. The predicted octanol–water partition coefficient (Wildman–Crippen LogP) is 5.20. The van der Waals surface area contributed by atoms with Gasteiger partial charge in [0.05, 0.1) is 31.2 Å². The van der Waals surface area contributed by atoms with Crippen LogP contribution in [0, 0.1) is 11.6 Å². The topological polar surface area (TPSA) is 66.2 Å². The summed E-state index contributed by atoms with van der Waals surface area (Å²) in [5.74, 6) is -0.351. The fourth-order valence-corrected chi connectivity index (χ4v) is 4.08. The number of carbonyl (C=O) groups is 1. The van der Waals surface area contributed by atoms with Crippen LogP contribution < -0.4 is 9.47 Å². The summed E-state index contributed by atoms with van der Waals surface area (Å²) in [6.07, 6.45) is 0. The van der Waals surface area contributed by atoms with E-state index in [0.717, 1.165) is 23.9 Å². The van der Waals surface area contributed by atoms with Crippen molar-refractivity contribution in [3.8, 4) is 28.6 Å². The lowest BCUT2D eigenvalue weighted by molar-refractivity contribution is 0.101. The first-order valence-electron chi connectivity index (χ1n) is 9.86. The Kier molecular flexibility index (Phi) is 6.69. The molecule has 0 aliphatic heterocycles. The van der Waals surface area contributed by atoms with E-state index in [9.17, 15) is 13.6 Å². The van der Waals surface area contributed by atoms with Gasteiger partial charge >= 0.3 is 0 Å². The molecule has 0 N–H and O–H groups in total. The molecule has 0 fully saturated rings. The largest absolute Gasteiger partial charge is 0.497 e. The molecule has 9 heteroatoms. The standard InChI is InChI=1S/C24H19F2N3O3S/c1-31-17-9-10-18(22(13-17)32-2)21(30)14-33-24-28-27-23(15-6-4-3-5-7-15)29(24)20-11-8-16(25)12-19(20)26/h3-13H,14H2,1-2H3. The zero-order chi connectivity index (χ0) is 23.4. The fraction of sp³-hybridized carbons (Fsp3) is 0.125. The van der Waals surface area contributed by atoms with Crippen LogP contribution in [0.2, 0.25) is 0 Å². The van der Waals surface area contributed by atoms with Crippen LogP contribution in [0.15, 0.2) is 71.9 Å². The van der Waals surface area contributed by atoms with E-state index in [1.807, 2.05) is 30.3 Å². The average molecular weight is 467 g/mol. The van der Waals surface area contributed by atoms with Crippen molar-refractivity contribution in [3.63, 3.8) is 0 Å². The van der Waals surface area contributed by atoms with E-state index in [1.165, 1.54) is 24.9 Å². The van der Waals surface area contributed by atoms with E-state index in [0.29, 0.717) is 33.6 Å². The zero-order valence-electron chi connectivity index (χ0n) is 17.8. The molecule has 0 saturated carbocycles. The van der Waals surface area contributed by atoms with Gasteiger partial charge in [-0.05, 0) is 24.3 Å². The van der Waals surface area contributed by atoms with Crippen molar-refractivity contribution in [1.29, 1.82) is 0 Å². The van der Waals surface area contributed by atoms with E-state index >= 15 is 0 Å². The molecule has 4 rings (SSSR count). The second-order valence-electron chi connectivity index (χ2n) is 6.88. The second kappa shape index (κ2) is 9.83. The van der Waals surface area contributed by atoms with Crippen LogP contribution in [-0.4, -0.2) is 40.5 Å². The summed E-state index contributed by atoms with van der Waals surface area (Å²) in [7, 11) is 3.00. The molecule has 0 radical (unpaired) electrons. The number of rotatable bonds is 8. The molecule has 0 spiro atoms. The van der Waals surface area contributed by atoms with Gasteiger partial charge in [0, 0.05) is 17.7 Å². The summed E-state index contributed by atoms with van der Waals surface area (Å²) in [6.45, 7) is 0. The number of halogens is 2. The van der Waals surface area contributed by atoms with Crippen molar-refractivity contribution in [1.82, 2.24) is 14.8 Å². The number of benzene rings is 3. The van der Waals surface area contributed by atoms with E-state index in [4.69, 9.17) is 9.47 Å². The number of carbonyl (C=O) groups excluding carboxylic acids is 1. The van der Waals surface area contributed by atoms with Gasteiger partial charge in [0.25, 0.3) is 0 Å². The number of nitrogens with zero attached hydrogens (tertiary/aromatic N) is 3. The fourth-order valence-electron chi connectivity index (χ4n) is 3.25. The molecule has 0 aliphatic rings. The smallest absolute Gasteiger partial charge is 0.196 e. The highest BCUT2D eigenvalue weighted by Gasteiger charge is 2.21. The van der Waals surface area contributed by atoms with Crippen LogP contribution in [0.25, 0.3) is 17.1 Å². The van der Waals surface area contributed by atoms with Gasteiger partial charge in [0.2, 0.25) is 0 Å². The Bertz CT molecular complexity index is 1300. The van der Waals surface area contributed by atoms with Crippen LogP contribution in [0.5, 0.6) is 11.5 Å². The predicted molar refractivity (Wildman–Crippen MR) is 121 cm³/mol. The molecule has 0 aliphatic carbocycles. The van der Waals surface area contributed by atoms with Crippen LogP contribution in [-0.2, 0) is 0 Å². The molecule has 3 aromatic carbocycles. The quantitative estimate of drug-likeness (QED) is 0.262. The van der Waals surface area contributed by atoms with Gasteiger partial charge in [-0.15, -0.1) is 10.2 Å². The Hall–Kier alpha value is -3.72. The second-order valence-corrected chi connectivity index (χ2v) is 7.82. The number of Topliss-reactive ketones (excluding diaryl/α,β-unsaturated/α-hetero) is 1. The average Bonchev–Trinajstić information content (AvgIpc) is 3.26. The third kappa shape index (κ3) is 4.73. The Labute approximate surface area is 193 Å². The van der Waals surface area contributed by atoms with Crippen LogP contribution in [0.1, 0.15) is 10.4 Å². The molecule has 33 heavy (non-hydrogen) atoms. The van der Waals surface area contributed by atoms with E-state index in [2.05, 4.69) is 10.2 Å². The van der Waals surface area contributed by atoms with Crippen LogP contribution >= 0.6 is 11.8 Å². The first-order chi connectivity index (χ1) is 16.0. The van der Waals surface area contributed by atoms with E-state index < -0.39 is 11.6 Å². The lowest BCUT2D eigenvalue weighted by Gasteiger charge is -2.12. The number of hydrogen-bond acceptors (Lipinski definition) is 6. The summed E-state index contributed by atoms with van der Waals surface area (Å²) in [5, 5.41) is 8.68. The van der Waals surface area contributed by atoms with E-state index in [-0.39, 0.29) is 17.2 Å². The van der Waals surface area contributed by atoms with Gasteiger partial charge in [-0.3, -0.25) is 9.36 Å². The SMILES string of the molecule is COc1ccc(C(=O)CSc2nnc(-c3ccccc3)n2-c2ccc(F)cc2F)c(OC)c1. The Morgan fingerprint density at radius 2 is 1.76 bits per heavy atom. The first-order valence-corrected chi connectivity index (χ1v) is 10.8. The Morgan fingerprint density at radius 3 is 2.45 bits per heavy atom. The van der Waals surface area contributed by atoms with Crippen molar-refractivity contribution >= 4 is 17.5 Å². The molecule has 6 nitrogen and oxygen atoms in total. The Balaban J connectivity index is 1.69. The molecule has 0 atom stereocenters. The number of methoxy groups -OCH3 is 2. The molecular formula is C24H19F2N3O3S. The number of ketones is 1. The highest BCUT2D eigenvalue weighted by Crippen LogP contribution is 2.31. The third-order valence-corrected chi connectivity index (χ3v) is 5.79. The van der Waals surface area contributed by atoms with E-state index in [1.54, 1.807) is 18.2 Å². The number of thioether (sulfide) groups is 1. The minimum Gasteiger partial charge on any atom is -0.497 e. The van der Waals surface area contributed by atoms with Crippen LogP contribution in [0.3, 0.4) is 0 Å². The summed E-state index contributed by atoms with van der Waals surface area (Å²) in [5.41, 5.74) is 1.16. The molecule has 0 unspecified atom stereocenters. The van der Waals surface area contributed by atoms with Crippen molar-refractivity contribution < 1.29 is 23.0 Å². The molecule has 4 aromatic rings. The van der Waals surface area contributed by atoms with Gasteiger partial charge in [-0.25, -0.2) is 8.78 Å². The maximum Gasteiger partial charge on any atom is 0.196 e. The molecule has 1 aromatic heterocycles. The van der Waals surface area contributed by atoms with Gasteiger partial charge in [-0.1, -0.05) is 42.1 Å². The van der Waals surface area contributed by atoms with Crippen molar-refractivity contribution in [2.45, 2.75) is 5.16 Å². The summed E-state index contributed by atoms with van der Waals surface area (Å²) in [6, 6.07) is 17.3. The van der Waals surface area contributed by atoms with Crippen molar-refractivity contribution in [3.05, 3.63) is 83.9 Å². The van der Waals surface area contributed by atoms with Gasteiger partial charge in [0.1, 0.15) is 23.1 Å². The highest BCUT2D eigenvalue weighted by molar-refractivity contribution is 7.99. The normalized spacial score (nSPS) is 10.8. The lowest BCUT2D eigenvalue weighted by Crippen LogP contribution is -2.07. The summed E-state index contributed by atoms with van der Waals surface area (Å²) >= 11 is 1.09. The molecule has 0 amide bonds.